The Morgan fingerprint density at radius 1 is 1.24 bits per heavy atom. The number of aliphatic carboxylic acids is 1. The van der Waals surface area contributed by atoms with Crippen molar-refractivity contribution in [1.29, 1.82) is 0 Å². The van der Waals surface area contributed by atoms with E-state index in [4.69, 9.17) is 0 Å². The van der Waals surface area contributed by atoms with Crippen LogP contribution in [-0.2, 0) is 15.0 Å². The van der Waals surface area contributed by atoms with Gasteiger partial charge in [-0.05, 0) is 25.7 Å². The minimum absolute atomic E-state index is 0.174. The lowest BCUT2D eigenvalue weighted by atomic mass is 9.80. The van der Waals surface area contributed by atoms with Gasteiger partial charge in [0.25, 0.3) is 0 Å². The number of hydrogen-bond acceptors (Lipinski definition) is 5. The number of rotatable bonds is 5. The maximum atomic E-state index is 12.5. The molecule has 0 aliphatic heterocycles. The summed E-state index contributed by atoms with van der Waals surface area (Å²) in [6, 6.07) is 0. The SMILES string of the molecule is CCC1(c2nnc(NC(=O)C3CC=CCC3C(=O)O)s2)C=CC=CC1. The van der Waals surface area contributed by atoms with Gasteiger partial charge < -0.3 is 10.4 Å². The van der Waals surface area contributed by atoms with Crippen molar-refractivity contribution in [3.8, 4) is 0 Å². The van der Waals surface area contributed by atoms with Crippen LogP contribution in [0.1, 0.15) is 37.6 Å². The van der Waals surface area contributed by atoms with Crippen LogP contribution in [0.2, 0.25) is 0 Å². The van der Waals surface area contributed by atoms with Gasteiger partial charge in [-0.2, -0.15) is 0 Å². The number of carbonyl (C=O) groups excluding carboxylic acids is 1. The average molecular weight is 359 g/mol. The summed E-state index contributed by atoms with van der Waals surface area (Å²) in [4.78, 5) is 23.9. The molecule has 3 atom stereocenters. The van der Waals surface area contributed by atoms with Crippen LogP contribution in [0.15, 0.2) is 36.5 Å². The summed E-state index contributed by atoms with van der Waals surface area (Å²) in [6.07, 6.45) is 14.5. The number of carbonyl (C=O) groups is 2. The summed E-state index contributed by atoms with van der Waals surface area (Å²) >= 11 is 1.36. The summed E-state index contributed by atoms with van der Waals surface area (Å²) in [5, 5.41) is 21.7. The Balaban J connectivity index is 1.74. The summed E-state index contributed by atoms with van der Waals surface area (Å²) in [6.45, 7) is 2.11. The quantitative estimate of drug-likeness (QED) is 0.787. The highest BCUT2D eigenvalue weighted by atomic mass is 32.1. The Bertz CT molecular complexity index is 753. The molecule has 25 heavy (non-hydrogen) atoms. The van der Waals surface area contributed by atoms with Gasteiger partial charge in [-0.15, -0.1) is 10.2 Å². The molecule has 2 aliphatic carbocycles. The van der Waals surface area contributed by atoms with Crippen molar-refractivity contribution in [2.75, 3.05) is 5.32 Å². The van der Waals surface area contributed by atoms with Crippen molar-refractivity contribution in [3.05, 3.63) is 41.5 Å². The van der Waals surface area contributed by atoms with E-state index >= 15 is 0 Å². The molecule has 2 aliphatic rings. The third-order valence-corrected chi connectivity index (χ3v) is 6.00. The predicted molar refractivity (Wildman–Crippen MR) is 96.4 cm³/mol. The van der Waals surface area contributed by atoms with Crippen LogP contribution in [0.4, 0.5) is 5.13 Å². The molecule has 3 unspecified atom stereocenters. The lowest BCUT2D eigenvalue weighted by molar-refractivity contribution is -0.146. The number of carboxylic acids is 1. The third-order valence-electron chi connectivity index (χ3n) is 4.94. The molecule has 6 nitrogen and oxygen atoms in total. The molecule has 132 valence electrons. The molecular weight excluding hydrogens is 338 g/mol. The van der Waals surface area contributed by atoms with Gasteiger partial charge in [0, 0.05) is 5.41 Å². The normalized spacial score (nSPS) is 28.0. The minimum atomic E-state index is -0.938. The molecule has 0 spiro atoms. The van der Waals surface area contributed by atoms with Crippen LogP contribution in [0.25, 0.3) is 0 Å². The number of hydrogen-bond donors (Lipinski definition) is 2. The molecule has 0 saturated heterocycles. The van der Waals surface area contributed by atoms with Crippen molar-refractivity contribution >= 4 is 28.3 Å². The first-order valence-corrected chi connectivity index (χ1v) is 9.24. The zero-order valence-electron chi connectivity index (χ0n) is 14.0. The highest BCUT2D eigenvalue weighted by molar-refractivity contribution is 7.15. The number of amides is 1. The molecule has 1 heterocycles. The first kappa shape index (κ1) is 17.5. The summed E-state index contributed by atoms with van der Waals surface area (Å²) in [5.74, 6) is -2.51. The minimum Gasteiger partial charge on any atom is -0.481 e. The molecule has 1 aromatic heterocycles. The van der Waals surface area contributed by atoms with E-state index in [1.54, 1.807) is 0 Å². The van der Waals surface area contributed by atoms with E-state index in [2.05, 4.69) is 34.6 Å². The number of nitrogens with one attached hydrogen (secondary N) is 1. The molecule has 7 heteroatoms. The fraction of sp³-hybridized carbons (Fsp3) is 0.444. The van der Waals surface area contributed by atoms with E-state index in [0.717, 1.165) is 17.8 Å². The largest absolute Gasteiger partial charge is 0.481 e. The van der Waals surface area contributed by atoms with Crippen molar-refractivity contribution in [1.82, 2.24) is 10.2 Å². The summed E-state index contributed by atoms with van der Waals surface area (Å²) < 4.78 is 0. The first-order chi connectivity index (χ1) is 12.1. The van der Waals surface area contributed by atoms with E-state index in [0.29, 0.717) is 18.0 Å². The molecule has 0 fully saturated rings. The molecule has 2 N–H and O–H groups in total. The number of nitrogens with zero attached hydrogens (tertiary/aromatic N) is 2. The van der Waals surface area contributed by atoms with Gasteiger partial charge in [-0.25, -0.2) is 0 Å². The number of anilines is 1. The Labute approximate surface area is 150 Å². The Hall–Kier alpha value is -2.28. The molecule has 0 radical (unpaired) electrons. The Kier molecular flexibility index (Phi) is 5.13. The van der Waals surface area contributed by atoms with E-state index in [-0.39, 0.29) is 11.3 Å². The van der Waals surface area contributed by atoms with Gasteiger partial charge in [0.05, 0.1) is 11.8 Å². The van der Waals surface area contributed by atoms with Crippen LogP contribution in [0, 0.1) is 11.8 Å². The van der Waals surface area contributed by atoms with Crippen molar-refractivity contribution < 1.29 is 14.7 Å². The number of aromatic nitrogens is 2. The molecular formula is C18H21N3O3S. The average Bonchev–Trinajstić information content (AvgIpc) is 3.11. The van der Waals surface area contributed by atoms with E-state index < -0.39 is 17.8 Å². The van der Waals surface area contributed by atoms with Gasteiger partial charge in [0.1, 0.15) is 5.01 Å². The van der Waals surface area contributed by atoms with Crippen LogP contribution in [0.3, 0.4) is 0 Å². The zero-order chi connectivity index (χ0) is 17.9. The lowest BCUT2D eigenvalue weighted by Gasteiger charge is -2.26. The summed E-state index contributed by atoms with van der Waals surface area (Å²) in [7, 11) is 0. The number of allylic oxidation sites excluding steroid dienone is 6. The second kappa shape index (κ2) is 7.31. The maximum Gasteiger partial charge on any atom is 0.307 e. The van der Waals surface area contributed by atoms with Crippen LogP contribution >= 0.6 is 11.3 Å². The van der Waals surface area contributed by atoms with Gasteiger partial charge >= 0.3 is 5.97 Å². The molecule has 0 saturated carbocycles. The summed E-state index contributed by atoms with van der Waals surface area (Å²) in [5.41, 5.74) is -0.174. The smallest absolute Gasteiger partial charge is 0.307 e. The van der Waals surface area contributed by atoms with Crippen LogP contribution < -0.4 is 5.32 Å². The highest BCUT2D eigenvalue weighted by Gasteiger charge is 2.35. The lowest BCUT2D eigenvalue weighted by Crippen LogP contribution is -2.34. The standard InChI is InChI=1S/C18H21N3O3S/c1-2-18(10-6-3-7-11-18)16-20-21-17(25-16)19-14(22)12-8-4-5-9-13(12)15(23)24/h3-7,10,12-13H,2,8-9,11H2,1H3,(H,23,24)(H,19,21,22). The molecule has 0 aromatic carbocycles. The van der Waals surface area contributed by atoms with Crippen molar-refractivity contribution in [3.63, 3.8) is 0 Å². The van der Waals surface area contributed by atoms with E-state index in [1.807, 2.05) is 24.3 Å². The topological polar surface area (TPSA) is 92.2 Å². The Morgan fingerprint density at radius 3 is 2.64 bits per heavy atom. The highest BCUT2D eigenvalue weighted by Crippen LogP contribution is 2.38. The number of carboxylic acid groups (broad SMARTS) is 1. The third kappa shape index (κ3) is 3.56. The fourth-order valence-corrected chi connectivity index (χ4v) is 4.28. The second-order valence-electron chi connectivity index (χ2n) is 6.40. The molecule has 3 rings (SSSR count). The monoisotopic (exact) mass is 359 g/mol. The second-order valence-corrected chi connectivity index (χ2v) is 7.37. The van der Waals surface area contributed by atoms with Crippen molar-refractivity contribution in [2.24, 2.45) is 11.8 Å². The van der Waals surface area contributed by atoms with Crippen LogP contribution in [0.5, 0.6) is 0 Å². The van der Waals surface area contributed by atoms with Gasteiger partial charge in [-0.3, -0.25) is 9.59 Å². The van der Waals surface area contributed by atoms with Gasteiger partial charge in [0.15, 0.2) is 0 Å². The van der Waals surface area contributed by atoms with Crippen molar-refractivity contribution in [2.45, 2.75) is 38.0 Å². The first-order valence-electron chi connectivity index (χ1n) is 8.43. The fourth-order valence-electron chi connectivity index (χ4n) is 3.29. The molecule has 1 aromatic rings. The molecule has 0 bridgehead atoms. The predicted octanol–water partition coefficient (Wildman–Crippen LogP) is 3.31. The van der Waals surface area contributed by atoms with Crippen LogP contribution in [-0.4, -0.2) is 27.2 Å². The Morgan fingerprint density at radius 2 is 2.00 bits per heavy atom. The van der Waals surface area contributed by atoms with Gasteiger partial charge in [0.2, 0.25) is 11.0 Å². The van der Waals surface area contributed by atoms with E-state index in [9.17, 15) is 14.7 Å². The zero-order valence-corrected chi connectivity index (χ0v) is 14.8. The molecule has 1 amide bonds. The van der Waals surface area contributed by atoms with E-state index in [1.165, 1.54) is 11.3 Å². The van der Waals surface area contributed by atoms with Gasteiger partial charge in [-0.1, -0.05) is 54.7 Å². The maximum absolute atomic E-state index is 12.5.